The van der Waals surface area contributed by atoms with Crippen molar-refractivity contribution < 1.29 is 13.6 Å². The number of nitrogens with zero attached hydrogens (tertiary/aromatic N) is 2. The Hall–Kier alpha value is -2.21. The molecule has 4 nitrogen and oxygen atoms in total. The minimum atomic E-state index is -2.77. The topological polar surface area (TPSA) is 46.9 Å². The summed E-state index contributed by atoms with van der Waals surface area (Å²) >= 11 is 6.31. The van der Waals surface area contributed by atoms with Crippen LogP contribution in [0.4, 0.5) is 14.5 Å². The molecule has 7 heteroatoms. The van der Waals surface area contributed by atoms with Crippen LogP contribution in [0.1, 0.15) is 65.2 Å². The van der Waals surface area contributed by atoms with E-state index in [1.165, 1.54) is 24.4 Å². The molecular weight excluding hydrogens is 360 g/mol. The molecule has 136 valence electrons. The molecule has 1 amide bonds. The number of halogens is 3. The van der Waals surface area contributed by atoms with Crippen LogP contribution in [0.15, 0.2) is 35.0 Å². The lowest BCUT2D eigenvalue weighted by Gasteiger charge is -2.18. The molecule has 1 aromatic heterocycles. The number of hydrogen-bond donors (Lipinski definition) is 1. The molecule has 2 bridgehead atoms. The van der Waals surface area contributed by atoms with E-state index in [0.29, 0.717) is 11.6 Å². The summed E-state index contributed by atoms with van der Waals surface area (Å²) in [6.07, 6.45) is 0.445. The van der Waals surface area contributed by atoms with Gasteiger partial charge in [-0.05, 0) is 42.5 Å². The number of fused-ring (bicyclic) bond motifs is 5. The number of rotatable bonds is 3. The molecule has 2 aliphatic carbocycles. The molecule has 4 rings (SSSR count). The van der Waals surface area contributed by atoms with E-state index < -0.39 is 12.3 Å². The second-order valence-electron chi connectivity index (χ2n) is 6.80. The van der Waals surface area contributed by atoms with Crippen molar-refractivity contribution in [2.24, 2.45) is 7.05 Å². The fraction of sp³-hybridized carbons (Fsp3) is 0.368. The zero-order valence-corrected chi connectivity index (χ0v) is 15.1. The van der Waals surface area contributed by atoms with Crippen LogP contribution in [0.2, 0.25) is 0 Å². The molecule has 0 aliphatic heterocycles. The summed E-state index contributed by atoms with van der Waals surface area (Å²) in [6.45, 7) is 1.90. The Bertz CT molecular complexity index is 931. The van der Waals surface area contributed by atoms with Crippen molar-refractivity contribution >= 4 is 23.2 Å². The van der Waals surface area contributed by atoms with Gasteiger partial charge in [-0.3, -0.25) is 9.48 Å². The first-order valence-electron chi connectivity index (χ1n) is 8.50. The van der Waals surface area contributed by atoms with E-state index in [-0.39, 0.29) is 17.2 Å². The zero-order chi connectivity index (χ0) is 18.6. The third-order valence-corrected chi connectivity index (χ3v) is 5.66. The molecule has 0 radical (unpaired) electrons. The molecule has 0 spiro atoms. The summed E-state index contributed by atoms with van der Waals surface area (Å²) in [5.41, 5.74) is 3.64. The lowest BCUT2D eigenvalue weighted by Crippen LogP contribution is -2.16. The Labute approximate surface area is 154 Å². The summed E-state index contributed by atoms with van der Waals surface area (Å²) in [7, 11) is 1.40. The second-order valence-corrected chi connectivity index (χ2v) is 7.37. The van der Waals surface area contributed by atoms with E-state index in [1.807, 2.05) is 19.1 Å². The van der Waals surface area contributed by atoms with Gasteiger partial charge in [0.15, 0.2) is 0 Å². The Morgan fingerprint density at radius 3 is 2.77 bits per heavy atom. The van der Waals surface area contributed by atoms with E-state index in [0.717, 1.165) is 28.1 Å². The molecule has 1 fully saturated rings. The fourth-order valence-corrected chi connectivity index (χ4v) is 4.71. The Balaban J connectivity index is 1.71. The third-order valence-electron chi connectivity index (χ3n) is 5.44. The molecule has 2 aliphatic rings. The number of allylic oxidation sites excluding steroid dienone is 2. The number of anilines is 1. The Morgan fingerprint density at radius 2 is 2.08 bits per heavy atom. The predicted molar refractivity (Wildman–Crippen MR) is 95.8 cm³/mol. The average Bonchev–Trinajstić information content (AvgIpc) is 3.26. The van der Waals surface area contributed by atoms with Gasteiger partial charge in [-0.15, -0.1) is 0 Å². The number of alkyl halides is 2. The molecule has 2 atom stereocenters. The van der Waals surface area contributed by atoms with Crippen LogP contribution in [-0.2, 0) is 7.05 Å². The molecule has 2 aromatic rings. The van der Waals surface area contributed by atoms with Crippen LogP contribution >= 0.6 is 11.6 Å². The minimum absolute atomic E-state index is 0.104. The second kappa shape index (κ2) is 6.20. The van der Waals surface area contributed by atoms with Crippen LogP contribution in [0.25, 0.3) is 0 Å². The lowest BCUT2D eigenvalue weighted by atomic mass is 9.90. The SMILES string of the molecule is C/C(Cl)=C1/C2CCC1c1c(NC(=O)c3cnn(C)c3C(F)F)cccc12. The molecular formula is C19H18ClF2N3O. The van der Waals surface area contributed by atoms with Crippen molar-refractivity contribution in [1.82, 2.24) is 9.78 Å². The van der Waals surface area contributed by atoms with Crippen molar-refractivity contribution in [3.63, 3.8) is 0 Å². The highest BCUT2D eigenvalue weighted by Gasteiger charge is 2.43. The quantitative estimate of drug-likeness (QED) is 0.809. The molecule has 1 N–H and O–H groups in total. The normalized spacial score (nSPS) is 22.7. The Kier molecular flexibility index (Phi) is 4.10. The highest BCUT2D eigenvalue weighted by molar-refractivity contribution is 6.29. The molecule has 26 heavy (non-hydrogen) atoms. The summed E-state index contributed by atoms with van der Waals surface area (Å²) < 4.78 is 27.5. The highest BCUT2D eigenvalue weighted by Crippen LogP contribution is 2.60. The standard InChI is InChI=1S/C19H18ClF2N3O/c1-9(20)15-11-6-7-12(15)16-10(11)4-3-5-14(16)24-19(26)13-8-23-25(2)17(13)18(21)22/h3-5,8,11-12,18H,6-7H2,1-2H3,(H,24,26)/b15-9+. The van der Waals surface area contributed by atoms with Gasteiger partial charge in [-0.1, -0.05) is 23.7 Å². The number of aryl methyl sites for hydroxylation is 1. The van der Waals surface area contributed by atoms with Gasteiger partial charge in [0, 0.05) is 29.6 Å². The van der Waals surface area contributed by atoms with Gasteiger partial charge in [0.2, 0.25) is 0 Å². The maximum absolute atomic E-state index is 13.2. The summed E-state index contributed by atoms with van der Waals surface area (Å²) in [5.74, 6) is -0.0930. The van der Waals surface area contributed by atoms with Gasteiger partial charge in [0.25, 0.3) is 12.3 Å². The predicted octanol–water partition coefficient (Wildman–Crippen LogP) is 5.10. The minimum Gasteiger partial charge on any atom is -0.322 e. The van der Waals surface area contributed by atoms with Crippen LogP contribution in [-0.4, -0.2) is 15.7 Å². The number of amides is 1. The van der Waals surface area contributed by atoms with Crippen molar-refractivity contribution in [2.75, 3.05) is 5.32 Å². The van der Waals surface area contributed by atoms with Gasteiger partial charge in [0.05, 0.1) is 11.8 Å². The van der Waals surface area contributed by atoms with Crippen molar-refractivity contribution in [3.05, 3.63) is 57.4 Å². The van der Waals surface area contributed by atoms with E-state index in [1.54, 1.807) is 0 Å². The largest absolute Gasteiger partial charge is 0.322 e. The molecule has 1 aromatic carbocycles. The number of aromatic nitrogens is 2. The monoisotopic (exact) mass is 377 g/mol. The zero-order valence-electron chi connectivity index (χ0n) is 14.4. The van der Waals surface area contributed by atoms with Gasteiger partial charge in [-0.2, -0.15) is 5.10 Å². The van der Waals surface area contributed by atoms with E-state index in [2.05, 4.69) is 16.5 Å². The third kappa shape index (κ3) is 2.47. The summed E-state index contributed by atoms with van der Waals surface area (Å²) in [5, 5.41) is 7.42. The van der Waals surface area contributed by atoms with Gasteiger partial charge in [0.1, 0.15) is 5.69 Å². The smallest absolute Gasteiger partial charge is 0.280 e. The first kappa shape index (κ1) is 17.2. The van der Waals surface area contributed by atoms with Gasteiger partial charge < -0.3 is 5.32 Å². The van der Waals surface area contributed by atoms with Crippen LogP contribution in [0.5, 0.6) is 0 Å². The van der Waals surface area contributed by atoms with Crippen molar-refractivity contribution in [3.8, 4) is 0 Å². The maximum atomic E-state index is 13.2. The number of carbonyl (C=O) groups excluding carboxylic acids is 1. The fourth-order valence-electron chi connectivity index (χ4n) is 4.45. The van der Waals surface area contributed by atoms with Gasteiger partial charge >= 0.3 is 0 Å². The maximum Gasteiger partial charge on any atom is 0.280 e. The highest BCUT2D eigenvalue weighted by atomic mass is 35.5. The number of benzene rings is 1. The first-order chi connectivity index (χ1) is 12.4. The van der Waals surface area contributed by atoms with E-state index >= 15 is 0 Å². The molecule has 2 unspecified atom stereocenters. The van der Waals surface area contributed by atoms with Crippen molar-refractivity contribution in [2.45, 2.75) is 38.0 Å². The number of carbonyl (C=O) groups is 1. The molecule has 0 saturated heterocycles. The van der Waals surface area contributed by atoms with Crippen LogP contribution in [0.3, 0.4) is 0 Å². The van der Waals surface area contributed by atoms with Gasteiger partial charge in [-0.25, -0.2) is 8.78 Å². The Morgan fingerprint density at radius 1 is 1.35 bits per heavy atom. The van der Waals surface area contributed by atoms with Crippen molar-refractivity contribution in [1.29, 1.82) is 0 Å². The van der Waals surface area contributed by atoms with E-state index in [9.17, 15) is 13.6 Å². The molecule has 1 saturated carbocycles. The first-order valence-corrected chi connectivity index (χ1v) is 8.88. The number of hydrogen-bond acceptors (Lipinski definition) is 2. The average molecular weight is 378 g/mol. The summed E-state index contributed by atoms with van der Waals surface area (Å²) in [6, 6.07) is 5.76. The summed E-state index contributed by atoms with van der Waals surface area (Å²) in [4.78, 5) is 12.6. The van der Waals surface area contributed by atoms with Crippen LogP contribution < -0.4 is 5.32 Å². The lowest BCUT2D eigenvalue weighted by molar-refractivity contribution is 0.100. The van der Waals surface area contributed by atoms with E-state index in [4.69, 9.17) is 11.6 Å². The van der Waals surface area contributed by atoms with Crippen LogP contribution in [0, 0.1) is 0 Å². The molecule has 1 heterocycles. The number of nitrogens with one attached hydrogen (secondary N) is 1.